The first-order valence-corrected chi connectivity index (χ1v) is 6.01. The maximum atomic E-state index is 10.0. The van der Waals surface area contributed by atoms with Crippen LogP contribution in [0, 0.1) is 5.92 Å². The Balaban J connectivity index is 2.32. The van der Waals surface area contributed by atoms with E-state index in [2.05, 4.69) is 29.8 Å². The Labute approximate surface area is 98.4 Å². The van der Waals surface area contributed by atoms with Gasteiger partial charge >= 0.3 is 0 Å². The van der Waals surface area contributed by atoms with Crippen molar-refractivity contribution in [3.05, 3.63) is 28.2 Å². The van der Waals surface area contributed by atoms with Gasteiger partial charge in [0.1, 0.15) is 11.9 Å². The van der Waals surface area contributed by atoms with Gasteiger partial charge in [0, 0.05) is 16.5 Å². The molecule has 1 aliphatic heterocycles. The molecule has 0 fully saturated rings. The number of hydrogen-bond donors (Lipinski definition) is 1. The van der Waals surface area contributed by atoms with Gasteiger partial charge in [0.2, 0.25) is 0 Å². The molecule has 82 valence electrons. The maximum Gasteiger partial charge on any atom is 0.125 e. The van der Waals surface area contributed by atoms with E-state index in [4.69, 9.17) is 4.74 Å². The Bertz CT molecular complexity index is 363. The summed E-state index contributed by atoms with van der Waals surface area (Å²) in [5.41, 5.74) is 0.890. The molecule has 2 atom stereocenters. The SMILES string of the molecule is CC(C)C1C[C@@H](O)c2cc(Br)ccc2O1. The first-order valence-electron chi connectivity index (χ1n) is 5.22. The molecule has 1 aliphatic rings. The summed E-state index contributed by atoms with van der Waals surface area (Å²) in [5, 5.41) is 10.0. The van der Waals surface area contributed by atoms with E-state index < -0.39 is 6.10 Å². The molecule has 0 bridgehead atoms. The maximum absolute atomic E-state index is 10.0. The molecule has 0 radical (unpaired) electrons. The summed E-state index contributed by atoms with van der Waals surface area (Å²) in [5.74, 6) is 1.24. The summed E-state index contributed by atoms with van der Waals surface area (Å²) >= 11 is 3.40. The third-order valence-electron chi connectivity index (χ3n) is 2.81. The van der Waals surface area contributed by atoms with E-state index >= 15 is 0 Å². The monoisotopic (exact) mass is 270 g/mol. The molecule has 1 aromatic rings. The molecule has 1 unspecified atom stereocenters. The number of aliphatic hydroxyl groups excluding tert-OH is 1. The van der Waals surface area contributed by atoms with Crippen molar-refractivity contribution in [3.63, 3.8) is 0 Å². The molecule has 1 N–H and O–H groups in total. The summed E-state index contributed by atoms with van der Waals surface area (Å²) in [6.07, 6.45) is 0.397. The zero-order valence-electron chi connectivity index (χ0n) is 8.90. The van der Waals surface area contributed by atoms with E-state index in [0.29, 0.717) is 12.3 Å². The molecule has 15 heavy (non-hydrogen) atoms. The number of hydrogen-bond acceptors (Lipinski definition) is 2. The molecule has 0 saturated carbocycles. The van der Waals surface area contributed by atoms with E-state index in [0.717, 1.165) is 15.8 Å². The van der Waals surface area contributed by atoms with Gasteiger partial charge in [-0.3, -0.25) is 0 Å². The highest BCUT2D eigenvalue weighted by Crippen LogP contribution is 2.38. The van der Waals surface area contributed by atoms with Crippen molar-refractivity contribution in [1.82, 2.24) is 0 Å². The van der Waals surface area contributed by atoms with Gasteiger partial charge < -0.3 is 9.84 Å². The fourth-order valence-corrected chi connectivity index (χ4v) is 2.23. The Morgan fingerprint density at radius 2 is 2.20 bits per heavy atom. The number of fused-ring (bicyclic) bond motifs is 1. The van der Waals surface area contributed by atoms with Crippen LogP contribution in [-0.4, -0.2) is 11.2 Å². The van der Waals surface area contributed by atoms with Crippen LogP contribution in [0.5, 0.6) is 5.75 Å². The molecule has 1 aromatic carbocycles. The zero-order valence-corrected chi connectivity index (χ0v) is 10.5. The Morgan fingerprint density at radius 3 is 2.87 bits per heavy atom. The molecule has 2 nitrogen and oxygen atoms in total. The third-order valence-corrected chi connectivity index (χ3v) is 3.30. The summed E-state index contributed by atoms with van der Waals surface area (Å²) in [6, 6.07) is 5.78. The largest absolute Gasteiger partial charge is 0.490 e. The predicted octanol–water partition coefficient (Wildman–Crippen LogP) is 3.29. The number of rotatable bonds is 1. The third kappa shape index (κ3) is 2.18. The standard InChI is InChI=1S/C12H15BrO2/c1-7(2)12-6-10(14)9-5-8(13)3-4-11(9)15-12/h3-5,7,10,12,14H,6H2,1-2H3/t10-,12?/m1/s1. The second-order valence-electron chi connectivity index (χ2n) is 4.33. The minimum atomic E-state index is -0.404. The summed E-state index contributed by atoms with van der Waals surface area (Å²) in [4.78, 5) is 0. The van der Waals surface area contributed by atoms with Gasteiger partial charge in [-0.15, -0.1) is 0 Å². The van der Waals surface area contributed by atoms with Gasteiger partial charge in [0.05, 0.1) is 6.10 Å². The highest BCUT2D eigenvalue weighted by molar-refractivity contribution is 9.10. The van der Waals surface area contributed by atoms with Crippen LogP contribution < -0.4 is 4.74 Å². The Hall–Kier alpha value is -0.540. The van der Waals surface area contributed by atoms with Crippen molar-refractivity contribution in [2.24, 2.45) is 5.92 Å². The van der Waals surface area contributed by atoms with Crippen LogP contribution in [-0.2, 0) is 0 Å². The quantitative estimate of drug-likeness (QED) is 0.849. The Morgan fingerprint density at radius 1 is 1.47 bits per heavy atom. The topological polar surface area (TPSA) is 29.5 Å². The van der Waals surface area contributed by atoms with Crippen LogP contribution in [0.4, 0.5) is 0 Å². The summed E-state index contributed by atoms with van der Waals surface area (Å²) in [6.45, 7) is 4.22. The highest BCUT2D eigenvalue weighted by atomic mass is 79.9. The van der Waals surface area contributed by atoms with E-state index in [1.165, 1.54) is 0 Å². The smallest absolute Gasteiger partial charge is 0.125 e. The minimum Gasteiger partial charge on any atom is -0.490 e. The average Bonchev–Trinajstić information content (AvgIpc) is 2.18. The second kappa shape index (κ2) is 4.14. The molecular formula is C12H15BrO2. The molecule has 0 aromatic heterocycles. The normalized spacial score (nSPS) is 24.9. The lowest BCUT2D eigenvalue weighted by atomic mass is 9.93. The fraction of sp³-hybridized carbons (Fsp3) is 0.500. The fourth-order valence-electron chi connectivity index (χ4n) is 1.85. The number of benzene rings is 1. The van der Waals surface area contributed by atoms with E-state index in [-0.39, 0.29) is 6.10 Å². The first-order chi connectivity index (χ1) is 7.08. The van der Waals surface area contributed by atoms with Crippen LogP contribution in [0.2, 0.25) is 0 Å². The highest BCUT2D eigenvalue weighted by Gasteiger charge is 2.28. The molecular weight excluding hydrogens is 256 g/mol. The van der Waals surface area contributed by atoms with E-state index in [1.54, 1.807) is 0 Å². The van der Waals surface area contributed by atoms with Gasteiger partial charge in [-0.1, -0.05) is 29.8 Å². The van der Waals surface area contributed by atoms with Crippen molar-refractivity contribution in [1.29, 1.82) is 0 Å². The minimum absolute atomic E-state index is 0.119. The molecule has 0 aliphatic carbocycles. The van der Waals surface area contributed by atoms with Crippen molar-refractivity contribution in [3.8, 4) is 5.75 Å². The molecule has 1 heterocycles. The van der Waals surface area contributed by atoms with Crippen LogP contribution in [0.1, 0.15) is 31.9 Å². The van der Waals surface area contributed by atoms with Crippen LogP contribution in [0.3, 0.4) is 0 Å². The number of ether oxygens (including phenoxy) is 1. The molecule has 2 rings (SSSR count). The van der Waals surface area contributed by atoms with Gasteiger partial charge in [0.15, 0.2) is 0 Å². The second-order valence-corrected chi connectivity index (χ2v) is 5.25. The molecule has 0 saturated heterocycles. The predicted molar refractivity (Wildman–Crippen MR) is 63.0 cm³/mol. The van der Waals surface area contributed by atoms with Crippen LogP contribution in [0.25, 0.3) is 0 Å². The first kappa shape index (κ1) is 11.0. The molecule has 0 amide bonds. The summed E-state index contributed by atoms with van der Waals surface area (Å²) < 4.78 is 6.82. The average molecular weight is 271 g/mol. The van der Waals surface area contributed by atoms with Crippen LogP contribution >= 0.6 is 15.9 Å². The summed E-state index contributed by atoms with van der Waals surface area (Å²) in [7, 11) is 0. The van der Waals surface area contributed by atoms with Gasteiger partial charge in [-0.25, -0.2) is 0 Å². The molecule has 0 spiro atoms. The zero-order chi connectivity index (χ0) is 11.0. The lowest BCUT2D eigenvalue weighted by Crippen LogP contribution is -2.30. The van der Waals surface area contributed by atoms with Crippen molar-refractivity contribution in [2.75, 3.05) is 0 Å². The lowest BCUT2D eigenvalue weighted by molar-refractivity contribution is 0.0426. The van der Waals surface area contributed by atoms with Crippen LogP contribution in [0.15, 0.2) is 22.7 Å². The number of aliphatic hydroxyl groups is 1. The van der Waals surface area contributed by atoms with Gasteiger partial charge in [0.25, 0.3) is 0 Å². The van der Waals surface area contributed by atoms with Crippen molar-refractivity contribution < 1.29 is 9.84 Å². The lowest BCUT2D eigenvalue weighted by Gasteiger charge is -2.32. The van der Waals surface area contributed by atoms with E-state index in [9.17, 15) is 5.11 Å². The number of halogens is 1. The van der Waals surface area contributed by atoms with Gasteiger partial charge in [-0.2, -0.15) is 0 Å². The van der Waals surface area contributed by atoms with Crippen molar-refractivity contribution >= 4 is 15.9 Å². The van der Waals surface area contributed by atoms with Crippen molar-refractivity contribution in [2.45, 2.75) is 32.5 Å². The van der Waals surface area contributed by atoms with Gasteiger partial charge in [-0.05, 0) is 24.1 Å². The Kier molecular flexibility index (Phi) is 3.03. The molecule has 3 heteroatoms. The van der Waals surface area contributed by atoms with E-state index in [1.807, 2.05) is 18.2 Å².